The fourth-order valence-corrected chi connectivity index (χ4v) is 2.98. The fraction of sp³-hybridized carbons (Fsp3) is 0.385. The number of hydrogen-bond acceptors (Lipinski definition) is 8. The van der Waals surface area contributed by atoms with E-state index in [0.717, 1.165) is 11.1 Å². The number of azo groups is 2. The second-order valence-electron chi connectivity index (χ2n) is 9.60. The molecule has 0 aliphatic carbocycles. The van der Waals surface area contributed by atoms with Crippen molar-refractivity contribution in [3.05, 3.63) is 71.3 Å². The van der Waals surface area contributed by atoms with Gasteiger partial charge in [0.2, 0.25) is 0 Å². The Morgan fingerprint density at radius 3 is 1.66 bits per heavy atom. The van der Waals surface area contributed by atoms with Crippen LogP contribution in [0.15, 0.2) is 75.1 Å². The highest BCUT2D eigenvalue weighted by atomic mass is 16.6. The van der Waals surface area contributed by atoms with E-state index in [1.54, 1.807) is 83.1 Å². The van der Waals surface area contributed by atoms with E-state index in [2.05, 4.69) is 20.5 Å². The first-order chi connectivity index (χ1) is 17.8. The maximum absolute atomic E-state index is 12.0. The number of nitrogens with zero attached hydrogens (tertiary/aromatic N) is 4. The predicted molar refractivity (Wildman–Crippen MR) is 133 cm³/mol. The lowest BCUT2D eigenvalue weighted by molar-refractivity contribution is 0.0422. The van der Waals surface area contributed by atoms with Crippen molar-refractivity contribution in [1.82, 2.24) is 0 Å². The van der Waals surface area contributed by atoms with Crippen molar-refractivity contribution in [2.75, 3.05) is 0 Å². The van der Waals surface area contributed by atoms with E-state index < -0.39 is 35.6 Å². The zero-order valence-corrected chi connectivity index (χ0v) is 21.9. The third-order valence-electron chi connectivity index (χ3n) is 4.37. The molecule has 12 nitrogen and oxygen atoms in total. The van der Waals surface area contributed by atoms with Crippen molar-refractivity contribution in [3.8, 4) is 0 Å². The van der Waals surface area contributed by atoms with Gasteiger partial charge in [0, 0.05) is 6.42 Å². The number of ether oxygens (including phenoxy) is 4. The molecule has 2 aromatic rings. The monoisotopic (exact) mass is 526 g/mol. The van der Waals surface area contributed by atoms with Gasteiger partial charge in [-0.15, -0.1) is 0 Å². The van der Waals surface area contributed by atoms with Gasteiger partial charge < -0.3 is 18.9 Å². The summed E-state index contributed by atoms with van der Waals surface area (Å²) in [4.78, 5) is 47.0. The SMILES string of the molecule is CC(C)(C)OC(=O)/N=N/C(=O)OC(C)(C)Cc1cccc(COC(=O)/N=N/C(=O)OCc2ccccc2)c1. The van der Waals surface area contributed by atoms with Gasteiger partial charge >= 0.3 is 24.4 Å². The molecular weight excluding hydrogens is 496 g/mol. The molecule has 0 radical (unpaired) electrons. The Kier molecular flexibility index (Phi) is 10.7. The van der Waals surface area contributed by atoms with Gasteiger partial charge in [-0.05, 0) is 51.3 Å². The molecule has 0 fully saturated rings. The van der Waals surface area contributed by atoms with Crippen LogP contribution in [0.2, 0.25) is 0 Å². The molecule has 0 unspecified atom stereocenters. The molecule has 0 N–H and O–H groups in total. The van der Waals surface area contributed by atoms with E-state index in [-0.39, 0.29) is 19.6 Å². The van der Waals surface area contributed by atoms with E-state index in [1.165, 1.54) is 0 Å². The van der Waals surface area contributed by atoms with Gasteiger partial charge in [0.1, 0.15) is 24.4 Å². The molecule has 202 valence electrons. The molecule has 0 aliphatic rings. The van der Waals surface area contributed by atoms with Crippen molar-refractivity contribution < 1.29 is 38.1 Å². The quantitative estimate of drug-likeness (QED) is 0.277. The second-order valence-corrected chi connectivity index (χ2v) is 9.60. The van der Waals surface area contributed by atoms with E-state index in [0.29, 0.717) is 5.56 Å². The summed E-state index contributed by atoms with van der Waals surface area (Å²) in [6.45, 7) is 8.17. The largest absolute Gasteiger partial charge is 0.453 e. The molecule has 4 amide bonds. The Balaban J connectivity index is 1.82. The summed E-state index contributed by atoms with van der Waals surface area (Å²) in [5.74, 6) is 0. The minimum atomic E-state index is -1.06. The van der Waals surface area contributed by atoms with Crippen molar-refractivity contribution in [1.29, 1.82) is 0 Å². The van der Waals surface area contributed by atoms with Gasteiger partial charge in [0.05, 0.1) is 0 Å². The van der Waals surface area contributed by atoms with Crippen LogP contribution < -0.4 is 0 Å². The molecule has 38 heavy (non-hydrogen) atoms. The standard InChI is InChI=1S/C26H30N4O8/c1-25(2,3)37-23(33)29-30-24(34)38-26(4,5)15-19-12-9-13-20(14-19)17-36-22(32)28-27-21(31)35-16-18-10-7-6-8-11-18/h6-14H,15-17H2,1-5H3/b28-27+,30-29+. The normalized spacial score (nSPS) is 11.8. The van der Waals surface area contributed by atoms with E-state index in [1.807, 2.05) is 6.07 Å². The summed E-state index contributed by atoms with van der Waals surface area (Å²) in [5.41, 5.74) is 0.404. The van der Waals surface area contributed by atoms with Crippen molar-refractivity contribution in [2.45, 2.75) is 65.5 Å². The van der Waals surface area contributed by atoms with Gasteiger partial charge in [-0.2, -0.15) is 0 Å². The van der Waals surface area contributed by atoms with Gasteiger partial charge in [-0.1, -0.05) is 75.1 Å². The topological polar surface area (TPSA) is 155 Å². The fourth-order valence-electron chi connectivity index (χ4n) is 2.98. The van der Waals surface area contributed by atoms with Gasteiger partial charge in [0.25, 0.3) is 0 Å². The maximum atomic E-state index is 12.0. The molecule has 0 spiro atoms. The lowest BCUT2D eigenvalue weighted by atomic mass is 9.97. The molecule has 0 aromatic heterocycles. The first-order valence-electron chi connectivity index (χ1n) is 11.6. The average Bonchev–Trinajstić information content (AvgIpc) is 2.83. The van der Waals surface area contributed by atoms with Crippen LogP contribution in [0.3, 0.4) is 0 Å². The van der Waals surface area contributed by atoms with Gasteiger partial charge in [-0.3, -0.25) is 0 Å². The zero-order valence-electron chi connectivity index (χ0n) is 21.9. The van der Waals surface area contributed by atoms with Crippen LogP contribution in [0.25, 0.3) is 0 Å². The first-order valence-corrected chi connectivity index (χ1v) is 11.6. The molecule has 0 aliphatic heterocycles. The highest BCUT2D eigenvalue weighted by molar-refractivity contribution is 5.74. The van der Waals surface area contributed by atoms with E-state index >= 15 is 0 Å². The second kappa shape index (κ2) is 13.7. The lowest BCUT2D eigenvalue weighted by Gasteiger charge is -2.24. The zero-order chi connectivity index (χ0) is 28.2. The highest BCUT2D eigenvalue weighted by Gasteiger charge is 2.24. The number of carbonyl (C=O) groups excluding carboxylic acids is 4. The molecule has 0 saturated heterocycles. The Bertz CT molecular complexity index is 1190. The molecular formula is C26H30N4O8. The van der Waals surface area contributed by atoms with Crippen LogP contribution >= 0.6 is 0 Å². The minimum absolute atomic E-state index is 0.00119. The van der Waals surface area contributed by atoms with Crippen LogP contribution in [0.4, 0.5) is 19.2 Å². The van der Waals surface area contributed by atoms with Crippen LogP contribution in [0.1, 0.15) is 51.3 Å². The van der Waals surface area contributed by atoms with Gasteiger partial charge in [0.15, 0.2) is 0 Å². The van der Waals surface area contributed by atoms with Gasteiger partial charge in [-0.25, -0.2) is 19.2 Å². The summed E-state index contributed by atoms with van der Waals surface area (Å²) in [7, 11) is 0. The molecule has 2 rings (SSSR count). The Labute approximate surface area is 220 Å². The molecule has 2 aromatic carbocycles. The number of rotatable bonds is 7. The number of carbonyl (C=O) groups is 4. The summed E-state index contributed by atoms with van der Waals surface area (Å²) >= 11 is 0. The number of hydrogen-bond donors (Lipinski definition) is 0. The summed E-state index contributed by atoms with van der Waals surface area (Å²) in [6.07, 6.45) is -3.83. The van der Waals surface area contributed by atoms with Crippen LogP contribution in [0, 0.1) is 0 Å². The predicted octanol–water partition coefficient (Wildman–Crippen LogP) is 6.96. The van der Waals surface area contributed by atoms with Crippen LogP contribution in [-0.4, -0.2) is 35.6 Å². The van der Waals surface area contributed by atoms with Crippen molar-refractivity contribution in [2.24, 2.45) is 20.5 Å². The van der Waals surface area contributed by atoms with E-state index in [9.17, 15) is 19.2 Å². The summed E-state index contributed by atoms with van der Waals surface area (Å²) in [5, 5.41) is 12.8. The molecule has 0 saturated carbocycles. The Morgan fingerprint density at radius 2 is 1.08 bits per heavy atom. The Hall–Kier alpha value is -4.48. The third-order valence-corrected chi connectivity index (χ3v) is 4.37. The molecule has 0 heterocycles. The summed E-state index contributed by atoms with van der Waals surface area (Å²) < 4.78 is 20.2. The number of amides is 4. The Morgan fingerprint density at radius 1 is 0.605 bits per heavy atom. The first kappa shape index (κ1) is 29.7. The van der Waals surface area contributed by atoms with E-state index in [4.69, 9.17) is 18.9 Å². The smallest absolute Gasteiger partial charge is 0.442 e. The summed E-state index contributed by atoms with van der Waals surface area (Å²) in [6, 6.07) is 16.0. The maximum Gasteiger partial charge on any atom is 0.453 e. The molecule has 0 bridgehead atoms. The van der Waals surface area contributed by atoms with Crippen LogP contribution in [-0.2, 0) is 38.6 Å². The molecule has 0 atom stereocenters. The lowest BCUT2D eigenvalue weighted by Crippen LogP contribution is -2.29. The average molecular weight is 527 g/mol. The minimum Gasteiger partial charge on any atom is -0.442 e. The van der Waals surface area contributed by atoms with Crippen LogP contribution in [0.5, 0.6) is 0 Å². The highest BCUT2D eigenvalue weighted by Crippen LogP contribution is 2.20. The van der Waals surface area contributed by atoms with Crippen molar-refractivity contribution in [3.63, 3.8) is 0 Å². The number of benzene rings is 2. The van der Waals surface area contributed by atoms with Crippen molar-refractivity contribution >= 4 is 24.4 Å². The molecule has 12 heteroatoms. The third kappa shape index (κ3) is 12.5.